The maximum Gasteiger partial charge on any atom is 0.223 e. The van der Waals surface area contributed by atoms with Crippen LogP contribution in [0.1, 0.15) is 24.5 Å². The molecular formula is C25H34N4O2. The number of rotatable bonds is 10. The monoisotopic (exact) mass is 422 g/mol. The summed E-state index contributed by atoms with van der Waals surface area (Å²) in [5.74, 6) is 1.18. The van der Waals surface area contributed by atoms with E-state index in [0.717, 1.165) is 31.6 Å². The zero-order chi connectivity index (χ0) is 21.9. The smallest absolute Gasteiger partial charge is 0.223 e. The standard InChI is InChI=1S/C25H34N4O2/c1-2-26-25(28-18-23(30)15-21-11-7-4-8-12-21)27-17-22-16-24(31)29(19-22)14-13-20-9-5-3-6-10-20/h3-12,22-23,30H,2,13-19H2,1H3,(H2,26,27,28). The molecule has 0 radical (unpaired) electrons. The molecule has 0 aromatic heterocycles. The summed E-state index contributed by atoms with van der Waals surface area (Å²) in [6, 6.07) is 20.2. The normalized spacial score (nSPS) is 17.6. The van der Waals surface area contributed by atoms with E-state index in [2.05, 4.69) is 27.8 Å². The first-order valence-electron chi connectivity index (χ1n) is 11.2. The van der Waals surface area contributed by atoms with Gasteiger partial charge in [0.15, 0.2) is 5.96 Å². The average molecular weight is 423 g/mol. The first kappa shape index (κ1) is 22.8. The summed E-state index contributed by atoms with van der Waals surface area (Å²) >= 11 is 0. The van der Waals surface area contributed by atoms with Crippen LogP contribution in [0.3, 0.4) is 0 Å². The first-order valence-corrected chi connectivity index (χ1v) is 11.2. The minimum absolute atomic E-state index is 0.225. The van der Waals surface area contributed by atoms with Crippen LogP contribution in [-0.2, 0) is 17.6 Å². The number of guanidine groups is 1. The van der Waals surface area contributed by atoms with Gasteiger partial charge in [-0.3, -0.25) is 9.79 Å². The van der Waals surface area contributed by atoms with Crippen LogP contribution < -0.4 is 10.6 Å². The number of aliphatic imine (C=N–C) groups is 1. The molecule has 166 valence electrons. The van der Waals surface area contributed by atoms with Crippen LogP contribution in [0.15, 0.2) is 65.7 Å². The van der Waals surface area contributed by atoms with Crippen LogP contribution in [0.2, 0.25) is 0 Å². The van der Waals surface area contributed by atoms with Crippen molar-refractivity contribution in [3.63, 3.8) is 0 Å². The molecule has 3 rings (SSSR count). The van der Waals surface area contributed by atoms with Crippen LogP contribution in [0.4, 0.5) is 0 Å². The Balaban J connectivity index is 1.43. The Labute approximate surface area is 185 Å². The number of nitrogens with zero attached hydrogens (tertiary/aromatic N) is 2. The van der Waals surface area contributed by atoms with Crippen molar-refractivity contribution in [2.45, 2.75) is 32.3 Å². The highest BCUT2D eigenvalue weighted by Crippen LogP contribution is 2.17. The molecule has 6 nitrogen and oxygen atoms in total. The highest BCUT2D eigenvalue weighted by Gasteiger charge is 2.29. The maximum atomic E-state index is 12.4. The van der Waals surface area contributed by atoms with Crippen LogP contribution in [0.25, 0.3) is 0 Å². The quantitative estimate of drug-likeness (QED) is 0.405. The molecule has 1 amide bonds. The molecular weight excluding hydrogens is 388 g/mol. The zero-order valence-electron chi connectivity index (χ0n) is 18.3. The lowest BCUT2D eigenvalue weighted by molar-refractivity contribution is -0.127. The third-order valence-corrected chi connectivity index (χ3v) is 5.48. The molecule has 6 heteroatoms. The minimum Gasteiger partial charge on any atom is -0.391 e. The predicted octanol–water partition coefficient (Wildman–Crippen LogP) is 2.24. The van der Waals surface area contributed by atoms with Gasteiger partial charge in [0.2, 0.25) is 5.91 Å². The molecule has 2 aromatic rings. The molecule has 0 aliphatic carbocycles. The van der Waals surface area contributed by atoms with E-state index in [1.54, 1.807) is 0 Å². The lowest BCUT2D eigenvalue weighted by atomic mass is 10.1. The number of nitrogens with one attached hydrogen (secondary N) is 2. The van der Waals surface area contributed by atoms with Crippen molar-refractivity contribution in [2.75, 3.05) is 32.7 Å². The maximum absolute atomic E-state index is 12.4. The fraction of sp³-hybridized carbons (Fsp3) is 0.440. The van der Waals surface area contributed by atoms with E-state index in [4.69, 9.17) is 0 Å². The molecule has 2 atom stereocenters. The van der Waals surface area contributed by atoms with Crippen molar-refractivity contribution in [3.05, 3.63) is 71.8 Å². The van der Waals surface area contributed by atoms with E-state index >= 15 is 0 Å². The number of aliphatic hydroxyl groups is 1. The third-order valence-electron chi connectivity index (χ3n) is 5.48. The fourth-order valence-corrected chi connectivity index (χ4v) is 3.85. The Morgan fingerprint density at radius 1 is 1.10 bits per heavy atom. The lowest BCUT2D eigenvalue weighted by Crippen LogP contribution is -2.41. The Bertz CT molecular complexity index is 826. The van der Waals surface area contributed by atoms with Crippen molar-refractivity contribution < 1.29 is 9.90 Å². The van der Waals surface area contributed by atoms with E-state index < -0.39 is 6.10 Å². The van der Waals surface area contributed by atoms with E-state index in [1.165, 1.54) is 5.56 Å². The molecule has 1 aliphatic rings. The number of benzene rings is 2. The molecule has 1 saturated heterocycles. The second kappa shape index (κ2) is 12.1. The third kappa shape index (κ3) is 7.72. The van der Waals surface area contributed by atoms with Gasteiger partial charge in [-0.25, -0.2) is 0 Å². The summed E-state index contributed by atoms with van der Waals surface area (Å²) in [6.07, 6.45) is 1.50. The molecule has 2 unspecified atom stereocenters. The van der Waals surface area contributed by atoms with Gasteiger partial charge in [-0.05, 0) is 24.5 Å². The molecule has 2 aromatic carbocycles. The SMILES string of the molecule is CCNC(=NCC(O)Cc1ccccc1)NCC1CC(=O)N(CCc2ccccc2)C1. The first-order chi connectivity index (χ1) is 15.1. The van der Waals surface area contributed by atoms with Gasteiger partial charge in [0.1, 0.15) is 0 Å². The second-order valence-electron chi connectivity index (χ2n) is 8.09. The largest absolute Gasteiger partial charge is 0.391 e. The molecule has 1 aliphatic heterocycles. The van der Waals surface area contributed by atoms with Gasteiger partial charge in [0, 0.05) is 44.9 Å². The summed E-state index contributed by atoms with van der Waals surface area (Å²) in [5.41, 5.74) is 2.36. The van der Waals surface area contributed by atoms with E-state index in [9.17, 15) is 9.90 Å². The number of carbonyl (C=O) groups is 1. The number of hydrogen-bond donors (Lipinski definition) is 3. The summed E-state index contributed by atoms with van der Waals surface area (Å²) in [6.45, 7) is 5.31. The van der Waals surface area contributed by atoms with Gasteiger partial charge < -0.3 is 20.6 Å². The summed E-state index contributed by atoms with van der Waals surface area (Å²) in [7, 11) is 0. The van der Waals surface area contributed by atoms with Gasteiger partial charge in [-0.2, -0.15) is 0 Å². The Kier molecular flexibility index (Phi) is 8.91. The van der Waals surface area contributed by atoms with Gasteiger partial charge in [0.25, 0.3) is 0 Å². The Hall–Kier alpha value is -2.86. The van der Waals surface area contributed by atoms with Gasteiger partial charge in [0.05, 0.1) is 12.6 Å². The van der Waals surface area contributed by atoms with Crippen molar-refractivity contribution in [2.24, 2.45) is 10.9 Å². The van der Waals surface area contributed by atoms with Crippen molar-refractivity contribution in [1.29, 1.82) is 0 Å². The molecule has 0 spiro atoms. The highest BCUT2D eigenvalue weighted by atomic mass is 16.3. The molecule has 31 heavy (non-hydrogen) atoms. The fourth-order valence-electron chi connectivity index (χ4n) is 3.85. The topological polar surface area (TPSA) is 77.0 Å². The zero-order valence-corrected chi connectivity index (χ0v) is 18.3. The van der Waals surface area contributed by atoms with Gasteiger partial charge in [-0.1, -0.05) is 60.7 Å². The molecule has 0 saturated carbocycles. The van der Waals surface area contributed by atoms with Gasteiger partial charge in [-0.15, -0.1) is 0 Å². The number of hydrogen-bond acceptors (Lipinski definition) is 3. The molecule has 3 N–H and O–H groups in total. The van der Waals surface area contributed by atoms with E-state index in [-0.39, 0.29) is 11.8 Å². The highest BCUT2D eigenvalue weighted by molar-refractivity contribution is 5.81. The van der Waals surface area contributed by atoms with Crippen molar-refractivity contribution in [3.8, 4) is 0 Å². The van der Waals surface area contributed by atoms with Gasteiger partial charge >= 0.3 is 0 Å². The predicted molar refractivity (Wildman–Crippen MR) is 125 cm³/mol. The van der Waals surface area contributed by atoms with Crippen LogP contribution in [-0.4, -0.2) is 60.7 Å². The van der Waals surface area contributed by atoms with Crippen molar-refractivity contribution >= 4 is 11.9 Å². The summed E-state index contributed by atoms with van der Waals surface area (Å²) < 4.78 is 0. The minimum atomic E-state index is -0.528. The number of carbonyl (C=O) groups excluding carboxylic acids is 1. The molecule has 0 bridgehead atoms. The van der Waals surface area contributed by atoms with Crippen LogP contribution in [0.5, 0.6) is 0 Å². The summed E-state index contributed by atoms with van der Waals surface area (Å²) in [5, 5.41) is 16.9. The average Bonchev–Trinajstić information content (AvgIpc) is 3.15. The second-order valence-corrected chi connectivity index (χ2v) is 8.09. The van der Waals surface area contributed by atoms with E-state index in [1.807, 2.05) is 60.4 Å². The number of amides is 1. The molecule has 1 fully saturated rings. The number of aliphatic hydroxyl groups excluding tert-OH is 1. The number of likely N-dealkylation sites (tertiary alicyclic amines) is 1. The van der Waals surface area contributed by atoms with Crippen LogP contribution >= 0.6 is 0 Å². The Morgan fingerprint density at radius 3 is 2.45 bits per heavy atom. The summed E-state index contributed by atoms with van der Waals surface area (Å²) in [4.78, 5) is 18.9. The van der Waals surface area contributed by atoms with Crippen LogP contribution in [0, 0.1) is 5.92 Å². The Morgan fingerprint density at radius 2 is 1.77 bits per heavy atom. The van der Waals surface area contributed by atoms with E-state index in [0.29, 0.717) is 31.9 Å². The van der Waals surface area contributed by atoms with Crippen molar-refractivity contribution in [1.82, 2.24) is 15.5 Å². The molecule has 1 heterocycles. The lowest BCUT2D eigenvalue weighted by Gasteiger charge is -2.18.